The van der Waals surface area contributed by atoms with Crippen molar-refractivity contribution in [2.24, 2.45) is 17.8 Å². The molecule has 0 spiro atoms. The average Bonchev–Trinajstić information content (AvgIpc) is 2.38. The number of carbonyl (C=O) groups excluding carboxylic acids is 2. The Bertz CT molecular complexity index is 342. The Labute approximate surface area is 115 Å². The number of fused-ring (bicyclic) bond motifs is 1. The number of esters is 1. The normalized spacial score (nSPS) is 30.6. The van der Waals surface area contributed by atoms with Crippen LogP contribution >= 0.6 is 0 Å². The molecule has 0 bridgehead atoms. The molecule has 1 saturated carbocycles. The number of likely N-dealkylation sites (tertiary alicyclic amines) is 1. The number of hydrogen-bond acceptors (Lipinski definition) is 3. The monoisotopic (exact) mass is 267 g/mol. The lowest BCUT2D eigenvalue weighted by Crippen LogP contribution is -2.45. The summed E-state index contributed by atoms with van der Waals surface area (Å²) in [7, 11) is 0. The van der Waals surface area contributed by atoms with Gasteiger partial charge in [0.05, 0.1) is 6.61 Å². The summed E-state index contributed by atoms with van der Waals surface area (Å²) in [5.74, 6) is 1.99. The Balaban J connectivity index is 1.82. The van der Waals surface area contributed by atoms with E-state index in [2.05, 4.69) is 0 Å². The van der Waals surface area contributed by atoms with E-state index in [9.17, 15) is 9.59 Å². The molecule has 2 fully saturated rings. The smallest absolute Gasteiger partial charge is 0.306 e. The summed E-state index contributed by atoms with van der Waals surface area (Å²) in [5, 5.41) is 0. The standard InChI is InChI=1S/C15H25NO3/c1-3-19-15(18)9-12-4-5-14-10-16(11(2)17)7-6-13(14)8-12/h12-14H,3-10H2,1-2H3. The van der Waals surface area contributed by atoms with E-state index in [0.29, 0.717) is 30.8 Å². The van der Waals surface area contributed by atoms with Gasteiger partial charge in [0, 0.05) is 26.4 Å². The lowest BCUT2D eigenvalue weighted by molar-refractivity contribution is -0.144. The second-order valence-electron chi connectivity index (χ2n) is 5.96. The Kier molecular flexibility index (Phi) is 4.83. The van der Waals surface area contributed by atoms with E-state index in [1.807, 2.05) is 11.8 Å². The zero-order chi connectivity index (χ0) is 13.8. The maximum absolute atomic E-state index is 11.5. The summed E-state index contributed by atoms with van der Waals surface area (Å²) in [4.78, 5) is 24.9. The summed E-state index contributed by atoms with van der Waals surface area (Å²) in [6.45, 7) is 5.80. The molecule has 0 aromatic rings. The Morgan fingerprint density at radius 2 is 2.00 bits per heavy atom. The van der Waals surface area contributed by atoms with Crippen LogP contribution in [0.5, 0.6) is 0 Å². The molecule has 1 aliphatic heterocycles. The number of rotatable bonds is 3. The largest absolute Gasteiger partial charge is 0.466 e. The van der Waals surface area contributed by atoms with E-state index in [4.69, 9.17) is 4.74 Å². The molecule has 0 N–H and O–H groups in total. The predicted molar refractivity (Wildman–Crippen MR) is 72.4 cm³/mol. The lowest BCUT2D eigenvalue weighted by atomic mass is 9.70. The highest BCUT2D eigenvalue weighted by molar-refractivity contribution is 5.73. The Morgan fingerprint density at radius 3 is 2.68 bits per heavy atom. The number of nitrogens with zero attached hydrogens (tertiary/aromatic N) is 1. The lowest BCUT2D eigenvalue weighted by Gasteiger charge is -2.43. The van der Waals surface area contributed by atoms with Crippen LogP contribution in [0.15, 0.2) is 0 Å². The second-order valence-corrected chi connectivity index (χ2v) is 5.96. The number of piperidine rings is 1. The first kappa shape index (κ1) is 14.4. The van der Waals surface area contributed by atoms with Crippen LogP contribution in [0.1, 0.15) is 46.0 Å². The maximum atomic E-state index is 11.5. The second kappa shape index (κ2) is 6.40. The quantitative estimate of drug-likeness (QED) is 0.737. The minimum Gasteiger partial charge on any atom is -0.466 e. The fraction of sp³-hybridized carbons (Fsp3) is 0.867. The highest BCUT2D eigenvalue weighted by Crippen LogP contribution is 2.40. The van der Waals surface area contributed by atoms with Crippen molar-refractivity contribution >= 4 is 11.9 Å². The molecule has 1 amide bonds. The predicted octanol–water partition coefficient (Wildman–Crippen LogP) is 2.22. The van der Waals surface area contributed by atoms with Crippen LogP contribution in [0.25, 0.3) is 0 Å². The molecule has 1 heterocycles. The first-order valence-electron chi connectivity index (χ1n) is 7.51. The molecule has 3 atom stereocenters. The van der Waals surface area contributed by atoms with Crippen LogP contribution in [-0.4, -0.2) is 36.5 Å². The van der Waals surface area contributed by atoms with Gasteiger partial charge in [-0.2, -0.15) is 0 Å². The van der Waals surface area contributed by atoms with Crippen LogP contribution in [-0.2, 0) is 14.3 Å². The summed E-state index contributed by atoms with van der Waals surface area (Å²) in [6, 6.07) is 0. The summed E-state index contributed by atoms with van der Waals surface area (Å²) in [6.07, 6.45) is 5.07. The molecule has 1 aliphatic carbocycles. The minimum absolute atomic E-state index is 0.0490. The summed E-state index contributed by atoms with van der Waals surface area (Å²) < 4.78 is 5.04. The first-order chi connectivity index (χ1) is 9.10. The van der Waals surface area contributed by atoms with Gasteiger partial charge in [0.25, 0.3) is 0 Å². The molecule has 4 nitrogen and oxygen atoms in total. The van der Waals surface area contributed by atoms with Gasteiger partial charge in [-0.05, 0) is 50.4 Å². The molecule has 19 heavy (non-hydrogen) atoms. The molecule has 2 aliphatic rings. The van der Waals surface area contributed by atoms with Crippen LogP contribution < -0.4 is 0 Å². The van der Waals surface area contributed by atoms with Crippen molar-refractivity contribution in [1.82, 2.24) is 4.90 Å². The fourth-order valence-electron chi connectivity index (χ4n) is 3.64. The number of amides is 1. The van der Waals surface area contributed by atoms with Gasteiger partial charge in [0.15, 0.2) is 0 Å². The van der Waals surface area contributed by atoms with Crippen LogP contribution in [0.2, 0.25) is 0 Å². The molecule has 4 heteroatoms. The number of ether oxygens (including phenoxy) is 1. The van der Waals surface area contributed by atoms with Gasteiger partial charge in [0.2, 0.25) is 5.91 Å². The van der Waals surface area contributed by atoms with Crippen LogP contribution in [0.4, 0.5) is 0 Å². The third-order valence-electron chi connectivity index (χ3n) is 4.68. The molecule has 0 aromatic carbocycles. The third kappa shape index (κ3) is 3.71. The maximum Gasteiger partial charge on any atom is 0.306 e. The third-order valence-corrected chi connectivity index (χ3v) is 4.68. The number of hydrogen-bond donors (Lipinski definition) is 0. The molecule has 0 aromatic heterocycles. The molecule has 1 saturated heterocycles. The molecule has 108 valence electrons. The van der Waals surface area contributed by atoms with Gasteiger partial charge >= 0.3 is 5.97 Å². The SMILES string of the molecule is CCOC(=O)CC1CCC2CN(C(C)=O)CCC2C1. The summed E-state index contributed by atoms with van der Waals surface area (Å²) in [5.41, 5.74) is 0. The fourth-order valence-corrected chi connectivity index (χ4v) is 3.64. The van der Waals surface area contributed by atoms with Gasteiger partial charge < -0.3 is 9.64 Å². The van der Waals surface area contributed by atoms with Crippen LogP contribution in [0, 0.1) is 17.8 Å². The molecule has 2 rings (SSSR count). The number of carbonyl (C=O) groups is 2. The summed E-state index contributed by atoms with van der Waals surface area (Å²) >= 11 is 0. The van der Waals surface area contributed by atoms with E-state index in [1.165, 1.54) is 0 Å². The minimum atomic E-state index is -0.0490. The van der Waals surface area contributed by atoms with Crippen molar-refractivity contribution in [1.29, 1.82) is 0 Å². The Hall–Kier alpha value is -1.06. The van der Waals surface area contributed by atoms with Gasteiger partial charge in [-0.25, -0.2) is 0 Å². The Morgan fingerprint density at radius 1 is 1.21 bits per heavy atom. The van der Waals surface area contributed by atoms with Crippen molar-refractivity contribution in [2.45, 2.75) is 46.0 Å². The zero-order valence-corrected chi connectivity index (χ0v) is 12.1. The molecular formula is C15H25NO3. The molecule has 3 unspecified atom stereocenters. The van der Waals surface area contributed by atoms with Gasteiger partial charge in [0.1, 0.15) is 0 Å². The molecule has 0 radical (unpaired) electrons. The van der Waals surface area contributed by atoms with Crippen LogP contribution in [0.3, 0.4) is 0 Å². The highest BCUT2D eigenvalue weighted by Gasteiger charge is 2.36. The highest BCUT2D eigenvalue weighted by atomic mass is 16.5. The van der Waals surface area contributed by atoms with E-state index in [-0.39, 0.29) is 11.9 Å². The van der Waals surface area contributed by atoms with E-state index >= 15 is 0 Å². The van der Waals surface area contributed by atoms with Crippen molar-refractivity contribution in [3.05, 3.63) is 0 Å². The van der Waals surface area contributed by atoms with E-state index < -0.39 is 0 Å². The van der Waals surface area contributed by atoms with Crippen molar-refractivity contribution in [3.8, 4) is 0 Å². The van der Waals surface area contributed by atoms with E-state index in [0.717, 1.165) is 38.8 Å². The van der Waals surface area contributed by atoms with Gasteiger partial charge in [-0.1, -0.05) is 0 Å². The molecular weight excluding hydrogens is 242 g/mol. The van der Waals surface area contributed by atoms with Gasteiger partial charge in [-0.15, -0.1) is 0 Å². The zero-order valence-electron chi connectivity index (χ0n) is 12.1. The van der Waals surface area contributed by atoms with E-state index in [1.54, 1.807) is 6.92 Å². The first-order valence-corrected chi connectivity index (χ1v) is 7.51. The van der Waals surface area contributed by atoms with Crippen molar-refractivity contribution in [3.63, 3.8) is 0 Å². The van der Waals surface area contributed by atoms with Crippen molar-refractivity contribution in [2.75, 3.05) is 19.7 Å². The average molecular weight is 267 g/mol. The van der Waals surface area contributed by atoms with Gasteiger partial charge in [-0.3, -0.25) is 9.59 Å². The van der Waals surface area contributed by atoms with Crippen molar-refractivity contribution < 1.29 is 14.3 Å². The topological polar surface area (TPSA) is 46.6 Å².